The maximum absolute atomic E-state index is 12.3. The first-order valence-electron chi connectivity index (χ1n) is 10.2. The summed E-state index contributed by atoms with van der Waals surface area (Å²) in [6.07, 6.45) is -0.889. The van der Waals surface area contributed by atoms with Crippen LogP contribution in [-0.2, 0) is 11.4 Å². The molecule has 3 aromatic carbocycles. The van der Waals surface area contributed by atoms with Gasteiger partial charge in [0.25, 0.3) is 11.8 Å². The number of ether oxygens (including phenoxy) is 2. The van der Waals surface area contributed by atoms with Crippen molar-refractivity contribution in [3.05, 3.63) is 94.5 Å². The van der Waals surface area contributed by atoms with Gasteiger partial charge in [-0.1, -0.05) is 35.9 Å². The Kier molecular flexibility index (Phi) is 8.05. The van der Waals surface area contributed by atoms with E-state index in [0.29, 0.717) is 34.3 Å². The molecule has 1 atom stereocenters. The molecule has 0 aliphatic heterocycles. The summed E-state index contributed by atoms with van der Waals surface area (Å²) in [7, 11) is 0. The van der Waals surface area contributed by atoms with Crippen LogP contribution >= 0.6 is 11.6 Å². The Hall–Kier alpha value is -3.84. The van der Waals surface area contributed by atoms with Crippen molar-refractivity contribution in [1.82, 2.24) is 10.9 Å². The van der Waals surface area contributed by atoms with Gasteiger partial charge in [0.1, 0.15) is 18.1 Å². The zero-order valence-corrected chi connectivity index (χ0v) is 18.9. The number of benzene rings is 3. The van der Waals surface area contributed by atoms with Crippen LogP contribution in [0.4, 0.5) is 0 Å². The van der Waals surface area contributed by atoms with Crippen LogP contribution in [0.3, 0.4) is 0 Å². The van der Waals surface area contributed by atoms with Gasteiger partial charge in [0.2, 0.25) is 0 Å². The van der Waals surface area contributed by atoms with E-state index in [1.54, 1.807) is 72.8 Å². The van der Waals surface area contributed by atoms with Gasteiger partial charge in [0, 0.05) is 16.1 Å². The van der Waals surface area contributed by atoms with Gasteiger partial charge in [-0.05, 0) is 67.9 Å². The van der Waals surface area contributed by atoms with E-state index in [-0.39, 0.29) is 5.78 Å². The molecule has 2 amide bonds. The molecule has 33 heavy (non-hydrogen) atoms. The Balaban J connectivity index is 1.47. The van der Waals surface area contributed by atoms with Gasteiger partial charge in [-0.15, -0.1) is 0 Å². The van der Waals surface area contributed by atoms with Gasteiger partial charge in [0.15, 0.2) is 11.9 Å². The molecule has 8 heteroatoms. The fourth-order valence-electron chi connectivity index (χ4n) is 2.79. The van der Waals surface area contributed by atoms with Crippen molar-refractivity contribution in [2.45, 2.75) is 26.6 Å². The summed E-state index contributed by atoms with van der Waals surface area (Å²) in [5, 5.41) is 0.632. The molecular weight excluding hydrogens is 444 g/mol. The van der Waals surface area contributed by atoms with Gasteiger partial charge in [-0.25, -0.2) is 0 Å². The maximum atomic E-state index is 12.3. The number of hydrogen-bond donors (Lipinski definition) is 2. The fraction of sp³-hybridized carbons (Fsp3) is 0.160. The lowest BCUT2D eigenvalue weighted by molar-refractivity contribution is -0.128. The highest BCUT2D eigenvalue weighted by molar-refractivity contribution is 6.30. The summed E-state index contributed by atoms with van der Waals surface area (Å²) < 4.78 is 11.2. The molecule has 0 fully saturated rings. The number of rotatable bonds is 8. The van der Waals surface area contributed by atoms with Crippen molar-refractivity contribution in [3.8, 4) is 11.5 Å². The first-order valence-corrected chi connectivity index (χ1v) is 10.5. The number of hydrogen-bond acceptors (Lipinski definition) is 5. The Bertz CT molecular complexity index is 1130. The van der Waals surface area contributed by atoms with E-state index < -0.39 is 17.9 Å². The third kappa shape index (κ3) is 7.08. The van der Waals surface area contributed by atoms with Crippen molar-refractivity contribution in [2.24, 2.45) is 0 Å². The molecule has 0 saturated heterocycles. The molecule has 3 aromatic rings. The largest absolute Gasteiger partial charge is 0.489 e. The predicted octanol–water partition coefficient (Wildman–Crippen LogP) is 4.35. The minimum Gasteiger partial charge on any atom is -0.489 e. The van der Waals surface area contributed by atoms with Gasteiger partial charge in [-0.3, -0.25) is 25.2 Å². The molecule has 0 saturated carbocycles. The Morgan fingerprint density at radius 1 is 0.879 bits per heavy atom. The second-order valence-corrected chi connectivity index (χ2v) is 7.66. The molecule has 0 radical (unpaired) electrons. The lowest BCUT2D eigenvalue weighted by atomic mass is 10.1. The van der Waals surface area contributed by atoms with Crippen LogP contribution in [-0.4, -0.2) is 23.7 Å². The van der Waals surface area contributed by atoms with Crippen molar-refractivity contribution in [1.29, 1.82) is 0 Å². The zero-order chi connectivity index (χ0) is 23.8. The van der Waals surface area contributed by atoms with Crippen molar-refractivity contribution < 1.29 is 23.9 Å². The SMILES string of the molecule is CC(=O)c1cccc(OC(C)C(=O)NNC(=O)c2ccc(COc3ccc(Cl)cc3)cc2)c1. The quantitative estimate of drug-likeness (QED) is 0.380. The highest BCUT2D eigenvalue weighted by Gasteiger charge is 2.16. The molecule has 0 spiro atoms. The number of nitrogens with one attached hydrogen (secondary N) is 2. The maximum Gasteiger partial charge on any atom is 0.279 e. The number of amides is 2. The van der Waals surface area contributed by atoms with E-state index in [0.717, 1.165) is 5.56 Å². The first-order chi connectivity index (χ1) is 15.8. The van der Waals surface area contributed by atoms with Crippen LogP contribution in [0, 0.1) is 0 Å². The molecule has 0 aliphatic rings. The molecule has 1 unspecified atom stereocenters. The van der Waals surface area contributed by atoms with E-state index >= 15 is 0 Å². The van der Waals surface area contributed by atoms with E-state index in [4.69, 9.17) is 21.1 Å². The van der Waals surface area contributed by atoms with Gasteiger partial charge < -0.3 is 9.47 Å². The molecule has 2 N–H and O–H groups in total. The minimum atomic E-state index is -0.889. The highest BCUT2D eigenvalue weighted by atomic mass is 35.5. The van der Waals surface area contributed by atoms with Crippen LogP contribution < -0.4 is 20.3 Å². The Morgan fingerprint density at radius 3 is 2.24 bits per heavy atom. The molecule has 7 nitrogen and oxygen atoms in total. The number of Topliss-reactive ketones (excluding diaryl/α,β-unsaturated/α-hetero) is 1. The smallest absolute Gasteiger partial charge is 0.279 e. The normalized spacial score (nSPS) is 11.2. The molecule has 170 valence electrons. The summed E-state index contributed by atoms with van der Waals surface area (Å²) in [6, 6.07) is 20.4. The number of hydrazine groups is 1. The summed E-state index contributed by atoms with van der Waals surface area (Å²) in [5.41, 5.74) is 6.43. The van der Waals surface area contributed by atoms with Gasteiger partial charge in [0.05, 0.1) is 0 Å². The summed E-state index contributed by atoms with van der Waals surface area (Å²) in [4.78, 5) is 36.0. The predicted molar refractivity (Wildman–Crippen MR) is 124 cm³/mol. The lowest BCUT2D eigenvalue weighted by Gasteiger charge is -2.15. The second kappa shape index (κ2) is 11.2. The third-order valence-electron chi connectivity index (χ3n) is 4.66. The van der Waals surface area contributed by atoms with E-state index in [1.807, 2.05) is 0 Å². The highest BCUT2D eigenvalue weighted by Crippen LogP contribution is 2.17. The number of ketones is 1. The average molecular weight is 467 g/mol. The molecule has 0 heterocycles. The van der Waals surface area contributed by atoms with Crippen LogP contribution in [0.2, 0.25) is 5.02 Å². The standard InChI is InChI=1S/C25H23ClN2O5/c1-16(29)20-4-3-5-23(14-20)33-17(2)24(30)27-28-25(31)19-8-6-18(7-9-19)15-32-22-12-10-21(26)11-13-22/h3-14,17H,15H2,1-2H3,(H,27,30)(H,28,31). The number of halogens is 1. The van der Waals surface area contributed by atoms with E-state index in [1.165, 1.54) is 13.8 Å². The average Bonchev–Trinajstić information content (AvgIpc) is 2.82. The Morgan fingerprint density at radius 2 is 1.58 bits per heavy atom. The second-order valence-electron chi connectivity index (χ2n) is 7.23. The van der Waals surface area contributed by atoms with E-state index in [9.17, 15) is 14.4 Å². The van der Waals surface area contributed by atoms with Crippen LogP contribution in [0.1, 0.15) is 40.1 Å². The monoisotopic (exact) mass is 466 g/mol. The molecule has 0 bridgehead atoms. The van der Waals surface area contributed by atoms with Crippen molar-refractivity contribution in [2.75, 3.05) is 0 Å². The molecule has 0 aliphatic carbocycles. The number of carbonyl (C=O) groups excluding carboxylic acids is 3. The number of carbonyl (C=O) groups is 3. The molecular formula is C25H23ClN2O5. The van der Waals surface area contributed by atoms with Gasteiger partial charge in [-0.2, -0.15) is 0 Å². The summed E-state index contributed by atoms with van der Waals surface area (Å²) in [5.74, 6) is -0.0439. The first kappa shape index (κ1) is 23.8. The molecule has 0 aromatic heterocycles. The van der Waals surface area contributed by atoms with Crippen LogP contribution in [0.25, 0.3) is 0 Å². The van der Waals surface area contributed by atoms with Crippen LogP contribution in [0.5, 0.6) is 11.5 Å². The van der Waals surface area contributed by atoms with Crippen molar-refractivity contribution >= 4 is 29.2 Å². The summed E-state index contributed by atoms with van der Waals surface area (Å²) in [6.45, 7) is 3.32. The topological polar surface area (TPSA) is 93.7 Å². The van der Waals surface area contributed by atoms with Crippen molar-refractivity contribution in [3.63, 3.8) is 0 Å². The van der Waals surface area contributed by atoms with Gasteiger partial charge >= 0.3 is 0 Å². The van der Waals surface area contributed by atoms with Crippen LogP contribution in [0.15, 0.2) is 72.8 Å². The van der Waals surface area contributed by atoms with E-state index in [2.05, 4.69) is 10.9 Å². The lowest BCUT2D eigenvalue weighted by Crippen LogP contribution is -2.47. The Labute approximate surface area is 196 Å². The minimum absolute atomic E-state index is 0.104. The molecule has 3 rings (SSSR count). The zero-order valence-electron chi connectivity index (χ0n) is 18.1. The summed E-state index contributed by atoms with van der Waals surface area (Å²) >= 11 is 5.85. The third-order valence-corrected chi connectivity index (χ3v) is 4.91. The fourth-order valence-corrected chi connectivity index (χ4v) is 2.91.